The highest BCUT2D eigenvalue weighted by Crippen LogP contribution is 2.44. The molecule has 0 aliphatic carbocycles. The van der Waals surface area contributed by atoms with E-state index in [0.29, 0.717) is 5.92 Å². The van der Waals surface area contributed by atoms with Gasteiger partial charge in [-0.1, -0.05) is 55.1 Å². The van der Waals surface area contributed by atoms with Gasteiger partial charge in [0, 0.05) is 15.7 Å². The van der Waals surface area contributed by atoms with Crippen molar-refractivity contribution in [3.8, 4) is 0 Å². The van der Waals surface area contributed by atoms with Crippen LogP contribution in [0.2, 0.25) is 0 Å². The molecule has 0 aromatic heterocycles. The van der Waals surface area contributed by atoms with Crippen LogP contribution in [0.15, 0.2) is 59.5 Å². The molecule has 0 fully saturated rings. The highest BCUT2D eigenvalue weighted by Gasteiger charge is 2.17. The van der Waals surface area contributed by atoms with E-state index in [4.69, 9.17) is 0 Å². The van der Waals surface area contributed by atoms with Crippen molar-refractivity contribution in [2.24, 2.45) is 0 Å². The summed E-state index contributed by atoms with van der Waals surface area (Å²) >= 11 is 1.76. The van der Waals surface area contributed by atoms with Crippen molar-refractivity contribution in [2.75, 3.05) is 0 Å². The summed E-state index contributed by atoms with van der Waals surface area (Å²) in [6.07, 6.45) is 2.25. The zero-order valence-corrected chi connectivity index (χ0v) is 10.9. The van der Waals surface area contributed by atoms with Crippen molar-refractivity contribution < 1.29 is 4.39 Å². The van der Waals surface area contributed by atoms with Gasteiger partial charge in [0.2, 0.25) is 0 Å². The summed E-state index contributed by atoms with van der Waals surface area (Å²) < 4.78 is 12.9. The topological polar surface area (TPSA) is 0 Å². The van der Waals surface area contributed by atoms with Gasteiger partial charge in [0.25, 0.3) is 0 Å². The molecule has 1 aliphatic heterocycles. The molecule has 1 atom stereocenters. The fraction of sp³-hybridized carbons (Fsp3) is 0.125. The van der Waals surface area contributed by atoms with Crippen LogP contribution in [0.25, 0.3) is 4.91 Å². The quantitative estimate of drug-likeness (QED) is 0.686. The van der Waals surface area contributed by atoms with Crippen LogP contribution in [0.5, 0.6) is 0 Å². The highest BCUT2D eigenvalue weighted by atomic mass is 32.2. The Balaban J connectivity index is 1.99. The fourth-order valence-corrected chi connectivity index (χ4v) is 3.47. The van der Waals surface area contributed by atoms with Crippen LogP contribution in [0, 0.1) is 5.82 Å². The fourth-order valence-electron chi connectivity index (χ4n) is 2.19. The van der Waals surface area contributed by atoms with Gasteiger partial charge >= 0.3 is 0 Å². The van der Waals surface area contributed by atoms with E-state index in [1.807, 2.05) is 12.1 Å². The molecule has 0 saturated heterocycles. The standard InChI is InChI=1S/C16H13FS/c1-11-10-16(12-6-8-13(17)9-7-12)18-15-5-3-2-4-14(11)15/h2-11H,1H3. The molecule has 0 N–H and O–H groups in total. The van der Waals surface area contributed by atoms with E-state index >= 15 is 0 Å². The number of hydrogen-bond acceptors (Lipinski definition) is 1. The van der Waals surface area contributed by atoms with Crippen molar-refractivity contribution in [1.29, 1.82) is 0 Å². The molecular weight excluding hydrogens is 243 g/mol. The van der Waals surface area contributed by atoms with Crippen molar-refractivity contribution >= 4 is 16.7 Å². The van der Waals surface area contributed by atoms with Crippen LogP contribution in [0.4, 0.5) is 4.39 Å². The van der Waals surface area contributed by atoms with E-state index in [-0.39, 0.29) is 5.82 Å². The lowest BCUT2D eigenvalue weighted by Crippen LogP contribution is -1.98. The highest BCUT2D eigenvalue weighted by molar-refractivity contribution is 8.08. The molecule has 0 saturated carbocycles. The Morgan fingerprint density at radius 1 is 1.00 bits per heavy atom. The van der Waals surface area contributed by atoms with Crippen LogP contribution in [-0.2, 0) is 0 Å². The number of thioether (sulfide) groups is 1. The number of halogens is 1. The van der Waals surface area contributed by atoms with Gasteiger partial charge in [0.05, 0.1) is 0 Å². The Morgan fingerprint density at radius 3 is 2.50 bits per heavy atom. The Morgan fingerprint density at radius 2 is 1.72 bits per heavy atom. The monoisotopic (exact) mass is 256 g/mol. The minimum Gasteiger partial charge on any atom is -0.207 e. The molecule has 0 spiro atoms. The second-order valence-electron chi connectivity index (χ2n) is 4.47. The van der Waals surface area contributed by atoms with Gasteiger partial charge in [0.1, 0.15) is 5.82 Å². The van der Waals surface area contributed by atoms with Gasteiger partial charge in [-0.15, -0.1) is 0 Å². The van der Waals surface area contributed by atoms with Crippen LogP contribution in [0.1, 0.15) is 24.0 Å². The first-order chi connectivity index (χ1) is 8.74. The maximum absolute atomic E-state index is 12.9. The molecule has 0 nitrogen and oxygen atoms in total. The van der Waals surface area contributed by atoms with Crippen molar-refractivity contribution in [3.63, 3.8) is 0 Å². The summed E-state index contributed by atoms with van der Waals surface area (Å²) in [5.74, 6) is 0.219. The first-order valence-corrected chi connectivity index (χ1v) is 6.80. The van der Waals surface area contributed by atoms with Gasteiger partial charge in [-0.25, -0.2) is 4.39 Å². The summed E-state index contributed by atoms with van der Waals surface area (Å²) in [6.45, 7) is 2.20. The maximum Gasteiger partial charge on any atom is 0.123 e. The largest absolute Gasteiger partial charge is 0.207 e. The molecule has 18 heavy (non-hydrogen) atoms. The molecule has 0 amide bonds. The van der Waals surface area contributed by atoms with Crippen LogP contribution in [-0.4, -0.2) is 0 Å². The molecule has 1 heterocycles. The summed E-state index contributed by atoms with van der Waals surface area (Å²) in [7, 11) is 0. The number of fused-ring (bicyclic) bond motifs is 1. The Kier molecular flexibility index (Phi) is 2.96. The molecule has 90 valence electrons. The Labute approximate surface area is 111 Å². The predicted molar refractivity (Wildman–Crippen MR) is 75.1 cm³/mol. The summed E-state index contributed by atoms with van der Waals surface area (Å²) in [5, 5.41) is 0. The first-order valence-electron chi connectivity index (χ1n) is 5.98. The number of hydrogen-bond donors (Lipinski definition) is 0. The van der Waals surface area contributed by atoms with Gasteiger partial charge in [-0.3, -0.25) is 0 Å². The molecular formula is C16H13FS. The summed E-state index contributed by atoms with van der Waals surface area (Å²) in [6, 6.07) is 15.2. The van der Waals surface area contributed by atoms with Gasteiger partial charge < -0.3 is 0 Å². The second kappa shape index (κ2) is 4.62. The smallest absolute Gasteiger partial charge is 0.123 e. The zero-order chi connectivity index (χ0) is 12.5. The second-order valence-corrected chi connectivity index (χ2v) is 5.55. The van der Waals surface area contributed by atoms with E-state index in [0.717, 1.165) is 5.56 Å². The molecule has 2 heteroatoms. The lowest BCUT2D eigenvalue weighted by atomic mass is 9.99. The van der Waals surface area contributed by atoms with E-state index in [1.54, 1.807) is 11.8 Å². The average Bonchev–Trinajstić information content (AvgIpc) is 2.39. The number of benzene rings is 2. The molecule has 0 bridgehead atoms. The average molecular weight is 256 g/mol. The number of allylic oxidation sites excluding steroid dienone is 1. The Bertz CT molecular complexity index is 599. The van der Waals surface area contributed by atoms with Gasteiger partial charge in [-0.05, 0) is 29.3 Å². The third kappa shape index (κ3) is 2.08. The normalized spacial score (nSPS) is 18.1. The maximum atomic E-state index is 12.9. The lowest BCUT2D eigenvalue weighted by Gasteiger charge is -2.21. The minimum atomic E-state index is -0.186. The van der Waals surface area contributed by atoms with Gasteiger partial charge in [0.15, 0.2) is 0 Å². The molecule has 2 aromatic carbocycles. The zero-order valence-electron chi connectivity index (χ0n) is 10.1. The van der Waals surface area contributed by atoms with Crippen LogP contribution >= 0.6 is 11.8 Å². The number of rotatable bonds is 1. The van der Waals surface area contributed by atoms with Crippen LogP contribution < -0.4 is 0 Å². The third-order valence-electron chi connectivity index (χ3n) is 3.16. The molecule has 1 aliphatic rings. The summed E-state index contributed by atoms with van der Waals surface area (Å²) in [4.78, 5) is 2.51. The molecule has 2 aromatic rings. The van der Waals surface area contributed by atoms with E-state index < -0.39 is 0 Å². The van der Waals surface area contributed by atoms with E-state index in [9.17, 15) is 4.39 Å². The molecule has 0 radical (unpaired) electrons. The predicted octanol–water partition coefficient (Wildman–Crippen LogP) is 5.08. The molecule has 3 rings (SSSR count). The lowest BCUT2D eigenvalue weighted by molar-refractivity contribution is 0.627. The van der Waals surface area contributed by atoms with E-state index in [1.165, 1.54) is 27.5 Å². The third-order valence-corrected chi connectivity index (χ3v) is 4.34. The van der Waals surface area contributed by atoms with Crippen molar-refractivity contribution in [3.05, 3.63) is 71.6 Å². The molecule has 1 unspecified atom stereocenters. The van der Waals surface area contributed by atoms with E-state index in [2.05, 4.69) is 37.3 Å². The van der Waals surface area contributed by atoms with Crippen molar-refractivity contribution in [1.82, 2.24) is 0 Å². The Hall–Kier alpha value is -1.54. The van der Waals surface area contributed by atoms with Gasteiger partial charge in [-0.2, -0.15) is 0 Å². The van der Waals surface area contributed by atoms with Crippen molar-refractivity contribution in [2.45, 2.75) is 17.7 Å². The minimum absolute atomic E-state index is 0.186. The first kappa shape index (κ1) is 11.5. The van der Waals surface area contributed by atoms with Crippen LogP contribution in [0.3, 0.4) is 0 Å². The SMILES string of the molecule is CC1C=C(c2ccc(F)cc2)Sc2ccccc21. The summed E-state index contributed by atoms with van der Waals surface area (Å²) in [5.41, 5.74) is 2.45.